The molecular formula is C16H29NO3. The molecule has 1 heterocycles. The molecule has 0 aromatic heterocycles. The van der Waals surface area contributed by atoms with E-state index in [-0.39, 0.29) is 29.9 Å². The summed E-state index contributed by atoms with van der Waals surface area (Å²) in [5, 5.41) is 0. The van der Waals surface area contributed by atoms with E-state index in [1.807, 2.05) is 41.5 Å². The van der Waals surface area contributed by atoms with E-state index in [2.05, 4.69) is 0 Å². The second-order valence-corrected chi connectivity index (χ2v) is 6.89. The van der Waals surface area contributed by atoms with E-state index in [0.29, 0.717) is 0 Å². The number of Topliss-reactive ketones (excluding diaryl/α,β-unsaturated/α-hetero) is 1. The number of hydrogen-bond acceptors (Lipinski definition) is 3. The minimum absolute atomic E-state index is 0.00441. The summed E-state index contributed by atoms with van der Waals surface area (Å²) in [5.74, 6) is 0.167. The zero-order valence-corrected chi connectivity index (χ0v) is 13.7. The van der Waals surface area contributed by atoms with Crippen molar-refractivity contribution >= 4 is 11.9 Å². The van der Waals surface area contributed by atoms with Crippen molar-refractivity contribution in [3.63, 3.8) is 0 Å². The van der Waals surface area contributed by atoms with Crippen molar-refractivity contribution in [1.29, 1.82) is 0 Å². The van der Waals surface area contributed by atoms with Gasteiger partial charge >= 0.3 is 6.09 Å². The molecule has 3 atom stereocenters. The first kappa shape index (κ1) is 17.0. The van der Waals surface area contributed by atoms with Gasteiger partial charge in [-0.3, -0.25) is 9.69 Å². The summed E-state index contributed by atoms with van der Waals surface area (Å²) in [7, 11) is 0. The van der Waals surface area contributed by atoms with Crippen LogP contribution in [0.4, 0.5) is 4.79 Å². The minimum atomic E-state index is -0.530. The van der Waals surface area contributed by atoms with E-state index >= 15 is 0 Å². The van der Waals surface area contributed by atoms with Crippen molar-refractivity contribution in [3.8, 4) is 0 Å². The predicted octanol–water partition coefficient (Wildman–Crippen LogP) is 3.78. The van der Waals surface area contributed by atoms with Gasteiger partial charge in [0.2, 0.25) is 0 Å². The molecule has 0 aliphatic carbocycles. The first-order valence-corrected chi connectivity index (χ1v) is 7.72. The topological polar surface area (TPSA) is 46.6 Å². The molecule has 1 aliphatic rings. The third-order valence-corrected chi connectivity index (χ3v) is 3.94. The number of ketones is 1. The average molecular weight is 283 g/mol. The van der Waals surface area contributed by atoms with Crippen LogP contribution < -0.4 is 0 Å². The van der Waals surface area contributed by atoms with Crippen LogP contribution in [0.1, 0.15) is 67.2 Å². The summed E-state index contributed by atoms with van der Waals surface area (Å²) < 4.78 is 5.48. The number of nitrogens with zero attached hydrogens (tertiary/aromatic N) is 1. The molecule has 0 saturated carbocycles. The van der Waals surface area contributed by atoms with Gasteiger partial charge in [-0.05, 0) is 53.4 Å². The van der Waals surface area contributed by atoms with Crippen LogP contribution in [0.3, 0.4) is 0 Å². The highest BCUT2D eigenvalue weighted by Gasteiger charge is 2.39. The van der Waals surface area contributed by atoms with Crippen molar-refractivity contribution < 1.29 is 14.3 Å². The van der Waals surface area contributed by atoms with E-state index in [1.165, 1.54) is 0 Å². The first-order chi connectivity index (χ1) is 9.17. The molecule has 0 bridgehead atoms. The van der Waals surface area contributed by atoms with Crippen molar-refractivity contribution in [2.75, 3.05) is 0 Å². The van der Waals surface area contributed by atoms with Crippen molar-refractivity contribution in [2.45, 2.75) is 84.9 Å². The number of amides is 1. The number of carbonyl (C=O) groups is 2. The normalized spacial score (nSPS) is 25.2. The van der Waals surface area contributed by atoms with Crippen LogP contribution in [0.2, 0.25) is 0 Å². The molecule has 4 nitrogen and oxygen atoms in total. The summed E-state index contributed by atoms with van der Waals surface area (Å²) >= 11 is 0. The molecule has 0 N–H and O–H groups in total. The average Bonchev–Trinajstić information content (AvgIpc) is 2.34. The Balaban J connectivity index is 2.90. The monoisotopic (exact) mass is 283 g/mol. The van der Waals surface area contributed by atoms with Crippen molar-refractivity contribution in [3.05, 3.63) is 0 Å². The van der Waals surface area contributed by atoms with Gasteiger partial charge in [0, 0.05) is 12.0 Å². The smallest absolute Gasteiger partial charge is 0.411 e. The maximum absolute atomic E-state index is 12.5. The largest absolute Gasteiger partial charge is 0.444 e. The third kappa shape index (κ3) is 4.22. The molecule has 3 unspecified atom stereocenters. The molecule has 1 fully saturated rings. The quantitative estimate of drug-likeness (QED) is 0.792. The van der Waals surface area contributed by atoms with E-state index < -0.39 is 5.60 Å². The Labute approximate surface area is 122 Å². The van der Waals surface area contributed by atoms with Crippen LogP contribution in [-0.2, 0) is 9.53 Å². The predicted molar refractivity (Wildman–Crippen MR) is 79.6 cm³/mol. The Kier molecular flexibility index (Phi) is 5.60. The van der Waals surface area contributed by atoms with E-state index in [9.17, 15) is 9.59 Å². The summed E-state index contributed by atoms with van der Waals surface area (Å²) in [4.78, 5) is 26.6. The lowest BCUT2D eigenvalue weighted by Crippen LogP contribution is -2.54. The molecule has 1 amide bonds. The summed E-state index contributed by atoms with van der Waals surface area (Å²) in [6.45, 7) is 11.5. The molecule has 1 aliphatic heterocycles. The van der Waals surface area contributed by atoms with E-state index in [1.54, 1.807) is 4.90 Å². The van der Waals surface area contributed by atoms with Gasteiger partial charge in [0.25, 0.3) is 0 Å². The highest BCUT2D eigenvalue weighted by atomic mass is 16.6. The summed E-state index contributed by atoms with van der Waals surface area (Å²) in [6, 6.07) is -0.250. The second-order valence-electron chi connectivity index (χ2n) is 6.89. The number of hydrogen-bond donors (Lipinski definition) is 0. The Morgan fingerprint density at radius 2 is 1.90 bits per heavy atom. The van der Waals surface area contributed by atoms with Gasteiger partial charge in [-0.15, -0.1) is 0 Å². The minimum Gasteiger partial charge on any atom is -0.444 e. The van der Waals surface area contributed by atoms with Crippen LogP contribution in [0, 0.1) is 5.92 Å². The van der Waals surface area contributed by atoms with Gasteiger partial charge in [0.1, 0.15) is 5.60 Å². The molecule has 0 radical (unpaired) electrons. The number of rotatable bonds is 3. The van der Waals surface area contributed by atoms with E-state index in [0.717, 1.165) is 25.7 Å². The Bertz CT molecular complexity index is 359. The Morgan fingerprint density at radius 3 is 2.40 bits per heavy atom. The fourth-order valence-corrected chi connectivity index (χ4v) is 2.62. The molecule has 0 spiro atoms. The van der Waals surface area contributed by atoms with Crippen LogP contribution in [0.25, 0.3) is 0 Å². The standard InChI is InChI=1S/C16H29NO3/c1-7-11(2)14(18)13-10-8-9-12(3)17(13)15(19)20-16(4,5)6/h11-13H,7-10H2,1-6H3. The zero-order chi connectivity index (χ0) is 15.5. The molecule has 1 saturated heterocycles. The number of likely N-dealkylation sites (tertiary alicyclic amines) is 1. The summed E-state index contributed by atoms with van der Waals surface area (Å²) in [6.07, 6.45) is 3.14. The molecular weight excluding hydrogens is 254 g/mol. The van der Waals surface area contributed by atoms with Crippen LogP contribution in [-0.4, -0.2) is 34.5 Å². The van der Waals surface area contributed by atoms with Gasteiger partial charge in [0.15, 0.2) is 5.78 Å². The van der Waals surface area contributed by atoms with Gasteiger partial charge in [-0.25, -0.2) is 4.79 Å². The SMILES string of the molecule is CCC(C)C(=O)C1CCCC(C)N1C(=O)OC(C)(C)C. The molecule has 1 rings (SSSR count). The van der Waals surface area contributed by atoms with Gasteiger partial charge in [-0.2, -0.15) is 0 Å². The van der Waals surface area contributed by atoms with Gasteiger partial charge in [-0.1, -0.05) is 13.8 Å². The van der Waals surface area contributed by atoms with Crippen LogP contribution in [0.15, 0.2) is 0 Å². The number of ether oxygens (including phenoxy) is 1. The maximum atomic E-state index is 12.5. The third-order valence-electron chi connectivity index (χ3n) is 3.94. The number of piperidine rings is 1. The Hall–Kier alpha value is -1.06. The fourth-order valence-electron chi connectivity index (χ4n) is 2.62. The highest BCUT2D eigenvalue weighted by Crippen LogP contribution is 2.27. The van der Waals surface area contributed by atoms with Crippen molar-refractivity contribution in [1.82, 2.24) is 4.90 Å². The Morgan fingerprint density at radius 1 is 1.30 bits per heavy atom. The summed E-state index contributed by atoms with van der Waals surface area (Å²) in [5.41, 5.74) is -0.530. The van der Waals surface area contributed by atoms with Crippen molar-refractivity contribution in [2.24, 2.45) is 5.92 Å². The molecule has 116 valence electrons. The first-order valence-electron chi connectivity index (χ1n) is 7.72. The van der Waals surface area contributed by atoms with Gasteiger partial charge in [0.05, 0.1) is 6.04 Å². The highest BCUT2D eigenvalue weighted by molar-refractivity contribution is 5.89. The molecule has 4 heteroatoms. The molecule has 20 heavy (non-hydrogen) atoms. The lowest BCUT2D eigenvalue weighted by atomic mass is 9.88. The lowest BCUT2D eigenvalue weighted by molar-refractivity contribution is -0.130. The lowest BCUT2D eigenvalue weighted by Gasteiger charge is -2.41. The van der Waals surface area contributed by atoms with Crippen LogP contribution >= 0.6 is 0 Å². The number of carbonyl (C=O) groups excluding carboxylic acids is 2. The zero-order valence-electron chi connectivity index (χ0n) is 13.7. The second kappa shape index (κ2) is 6.59. The van der Waals surface area contributed by atoms with Gasteiger partial charge < -0.3 is 4.74 Å². The fraction of sp³-hybridized carbons (Fsp3) is 0.875. The molecule has 0 aromatic carbocycles. The molecule has 0 aromatic rings. The van der Waals surface area contributed by atoms with E-state index in [4.69, 9.17) is 4.74 Å². The maximum Gasteiger partial charge on any atom is 0.411 e. The van der Waals surface area contributed by atoms with Crippen LogP contribution in [0.5, 0.6) is 0 Å².